The monoisotopic (exact) mass is 269 g/mol. The van der Waals surface area contributed by atoms with E-state index in [-0.39, 0.29) is 18.8 Å². The highest BCUT2D eigenvalue weighted by molar-refractivity contribution is 5.34. The maximum atomic E-state index is 9.57. The van der Waals surface area contributed by atoms with Crippen LogP contribution >= 0.6 is 0 Å². The molecule has 0 fully saturated rings. The molecule has 1 aromatic heterocycles. The van der Waals surface area contributed by atoms with E-state index in [9.17, 15) is 5.11 Å². The highest BCUT2D eigenvalue weighted by Crippen LogP contribution is 2.32. The standard InChI is InChI=1S/C15H15N3O2/c16-6-5-13(19)9-14-17-15(18-20-14)12-7-10-3-1-2-4-11(10)8-12/h1-4,12-13,19H,5,7-9H2. The minimum atomic E-state index is -0.742. The van der Waals surface area contributed by atoms with Gasteiger partial charge in [-0.1, -0.05) is 29.4 Å². The Morgan fingerprint density at radius 1 is 1.35 bits per heavy atom. The minimum Gasteiger partial charge on any atom is -0.392 e. The van der Waals surface area contributed by atoms with Gasteiger partial charge >= 0.3 is 0 Å². The fourth-order valence-electron chi connectivity index (χ4n) is 2.64. The van der Waals surface area contributed by atoms with Crippen LogP contribution in [0, 0.1) is 11.3 Å². The van der Waals surface area contributed by atoms with Crippen molar-refractivity contribution in [1.29, 1.82) is 5.26 Å². The van der Waals surface area contributed by atoms with E-state index < -0.39 is 6.10 Å². The topological polar surface area (TPSA) is 82.9 Å². The Bertz CT molecular complexity index is 620. The first kappa shape index (κ1) is 12.8. The molecule has 5 heteroatoms. The molecule has 0 amide bonds. The number of hydrogen-bond donors (Lipinski definition) is 1. The zero-order valence-electron chi connectivity index (χ0n) is 11.0. The Balaban J connectivity index is 1.68. The van der Waals surface area contributed by atoms with E-state index in [1.54, 1.807) is 0 Å². The Hall–Kier alpha value is -2.19. The van der Waals surface area contributed by atoms with Crippen molar-refractivity contribution in [3.63, 3.8) is 0 Å². The van der Waals surface area contributed by atoms with Crippen LogP contribution in [0.3, 0.4) is 0 Å². The lowest BCUT2D eigenvalue weighted by atomic mass is 10.1. The molecule has 1 aliphatic carbocycles. The van der Waals surface area contributed by atoms with Gasteiger partial charge in [0.2, 0.25) is 5.89 Å². The lowest BCUT2D eigenvalue weighted by Crippen LogP contribution is -2.09. The van der Waals surface area contributed by atoms with Gasteiger partial charge in [0, 0.05) is 5.92 Å². The van der Waals surface area contributed by atoms with E-state index in [0.717, 1.165) is 12.8 Å². The molecule has 1 aliphatic rings. The van der Waals surface area contributed by atoms with Crippen molar-refractivity contribution in [3.05, 3.63) is 47.1 Å². The van der Waals surface area contributed by atoms with Crippen molar-refractivity contribution in [2.24, 2.45) is 0 Å². The van der Waals surface area contributed by atoms with Crippen molar-refractivity contribution in [2.75, 3.05) is 0 Å². The number of benzene rings is 1. The molecule has 102 valence electrons. The quantitative estimate of drug-likeness (QED) is 0.914. The molecule has 1 heterocycles. The molecule has 2 aromatic rings. The van der Waals surface area contributed by atoms with E-state index in [0.29, 0.717) is 11.7 Å². The normalized spacial score (nSPS) is 15.8. The zero-order valence-corrected chi connectivity index (χ0v) is 11.0. The van der Waals surface area contributed by atoms with Gasteiger partial charge in [-0.25, -0.2) is 0 Å². The summed E-state index contributed by atoms with van der Waals surface area (Å²) in [6, 6.07) is 10.3. The van der Waals surface area contributed by atoms with Crippen LogP contribution in [0.5, 0.6) is 0 Å². The second-order valence-corrected chi connectivity index (χ2v) is 5.14. The van der Waals surface area contributed by atoms with Gasteiger partial charge in [0.1, 0.15) is 0 Å². The highest BCUT2D eigenvalue weighted by atomic mass is 16.5. The lowest BCUT2D eigenvalue weighted by molar-refractivity contribution is 0.167. The van der Waals surface area contributed by atoms with E-state index in [1.165, 1.54) is 11.1 Å². The van der Waals surface area contributed by atoms with Crippen LogP contribution in [0.1, 0.15) is 35.2 Å². The van der Waals surface area contributed by atoms with E-state index in [2.05, 4.69) is 22.3 Å². The molecular weight excluding hydrogens is 254 g/mol. The SMILES string of the molecule is N#CCC(O)Cc1nc(C2Cc3ccccc3C2)no1. The highest BCUT2D eigenvalue weighted by Gasteiger charge is 2.26. The second kappa shape index (κ2) is 5.43. The Labute approximate surface area is 116 Å². The Kier molecular flexibility index (Phi) is 3.48. The smallest absolute Gasteiger partial charge is 0.229 e. The fraction of sp³-hybridized carbons (Fsp3) is 0.400. The maximum absolute atomic E-state index is 9.57. The molecule has 0 aliphatic heterocycles. The van der Waals surface area contributed by atoms with Crippen LogP contribution in [0.25, 0.3) is 0 Å². The first-order chi connectivity index (χ1) is 9.76. The predicted molar refractivity (Wildman–Crippen MR) is 70.8 cm³/mol. The summed E-state index contributed by atoms with van der Waals surface area (Å²) in [6.07, 6.45) is 1.42. The van der Waals surface area contributed by atoms with E-state index in [4.69, 9.17) is 9.78 Å². The van der Waals surface area contributed by atoms with Crippen LogP contribution in [0.15, 0.2) is 28.8 Å². The Morgan fingerprint density at radius 3 is 2.70 bits per heavy atom. The average Bonchev–Trinajstić information content (AvgIpc) is 3.04. The van der Waals surface area contributed by atoms with Gasteiger partial charge in [-0.3, -0.25) is 0 Å². The second-order valence-electron chi connectivity index (χ2n) is 5.14. The van der Waals surface area contributed by atoms with Gasteiger partial charge in [-0.15, -0.1) is 0 Å². The van der Waals surface area contributed by atoms with Crippen molar-refractivity contribution in [2.45, 2.75) is 37.7 Å². The van der Waals surface area contributed by atoms with Gasteiger partial charge in [0.25, 0.3) is 0 Å². The zero-order chi connectivity index (χ0) is 13.9. The van der Waals surface area contributed by atoms with Crippen molar-refractivity contribution >= 4 is 0 Å². The van der Waals surface area contributed by atoms with Crippen LogP contribution in [0.4, 0.5) is 0 Å². The van der Waals surface area contributed by atoms with Crippen LogP contribution < -0.4 is 0 Å². The number of aliphatic hydroxyl groups is 1. The van der Waals surface area contributed by atoms with Crippen molar-refractivity contribution in [3.8, 4) is 6.07 Å². The van der Waals surface area contributed by atoms with E-state index >= 15 is 0 Å². The number of aliphatic hydroxyl groups excluding tert-OH is 1. The third kappa shape index (κ3) is 2.56. The molecule has 1 atom stereocenters. The number of aromatic nitrogens is 2. The summed E-state index contributed by atoms with van der Waals surface area (Å²) in [7, 11) is 0. The number of hydrogen-bond acceptors (Lipinski definition) is 5. The van der Waals surface area contributed by atoms with Gasteiger partial charge < -0.3 is 9.63 Å². The lowest BCUT2D eigenvalue weighted by Gasteiger charge is -2.01. The molecular formula is C15H15N3O2. The maximum Gasteiger partial charge on any atom is 0.229 e. The molecule has 20 heavy (non-hydrogen) atoms. The minimum absolute atomic E-state index is 0.0760. The number of rotatable bonds is 4. The molecule has 1 N–H and O–H groups in total. The summed E-state index contributed by atoms with van der Waals surface area (Å²) in [4.78, 5) is 4.35. The third-order valence-electron chi connectivity index (χ3n) is 3.64. The molecule has 1 aromatic carbocycles. The summed E-state index contributed by atoms with van der Waals surface area (Å²) in [5, 5.41) is 22.1. The number of nitriles is 1. The molecule has 0 bridgehead atoms. The van der Waals surface area contributed by atoms with Gasteiger partial charge in [0.05, 0.1) is 25.0 Å². The first-order valence-corrected chi connectivity index (χ1v) is 6.70. The number of nitrogens with zero attached hydrogens (tertiary/aromatic N) is 3. The predicted octanol–water partition coefficient (Wildman–Crippen LogP) is 1.77. The molecule has 5 nitrogen and oxygen atoms in total. The van der Waals surface area contributed by atoms with Crippen LogP contribution in [-0.4, -0.2) is 21.4 Å². The average molecular weight is 269 g/mol. The largest absolute Gasteiger partial charge is 0.392 e. The van der Waals surface area contributed by atoms with Crippen molar-refractivity contribution in [1.82, 2.24) is 10.1 Å². The Morgan fingerprint density at radius 2 is 2.05 bits per heavy atom. The summed E-state index contributed by atoms with van der Waals surface area (Å²) in [6.45, 7) is 0. The number of fused-ring (bicyclic) bond motifs is 1. The summed E-state index contributed by atoms with van der Waals surface area (Å²) >= 11 is 0. The molecule has 1 unspecified atom stereocenters. The van der Waals surface area contributed by atoms with Crippen LogP contribution in [-0.2, 0) is 19.3 Å². The fourth-order valence-corrected chi connectivity index (χ4v) is 2.64. The summed E-state index contributed by atoms with van der Waals surface area (Å²) in [5.41, 5.74) is 2.68. The summed E-state index contributed by atoms with van der Waals surface area (Å²) in [5.74, 6) is 1.34. The third-order valence-corrected chi connectivity index (χ3v) is 3.64. The van der Waals surface area contributed by atoms with Gasteiger partial charge in [-0.2, -0.15) is 10.2 Å². The van der Waals surface area contributed by atoms with Crippen molar-refractivity contribution < 1.29 is 9.63 Å². The van der Waals surface area contributed by atoms with Gasteiger partial charge in [0.15, 0.2) is 5.82 Å². The summed E-state index contributed by atoms with van der Waals surface area (Å²) < 4.78 is 5.16. The van der Waals surface area contributed by atoms with Crippen LogP contribution in [0.2, 0.25) is 0 Å². The van der Waals surface area contributed by atoms with E-state index in [1.807, 2.05) is 18.2 Å². The molecule has 3 rings (SSSR count). The first-order valence-electron chi connectivity index (χ1n) is 6.70. The molecule has 0 spiro atoms. The van der Waals surface area contributed by atoms with Gasteiger partial charge in [-0.05, 0) is 24.0 Å². The molecule has 0 saturated carbocycles. The molecule has 0 radical (unpaired) electrons. The molecule has 0 saturated heterocycles.